The maximum atomic E-state index is 12.7. The molecule has 0 aliphatic rings. The van der Waals surface area contributed by atoms with Crippen molar-refractivity contribution in [3.8, 4) is 0 Å². The molecular weight excluding hydrogens is 669 g/mol. The summed E-state index contributed by atoms with van der Waals surface area (Å²) in [4.78, 5) is 15.1. The number of hydrogen-bond acceptors (Lipinski definition) is 6. The highest BCUT2D eigenvalue weighted by Crippen LogP contribution is 2.27. The van der Waals surface area contributed by atoms with E-state index in [-0.39, 0.29) is 24.3 Å². The van der Waals surface area contributed by atoms with E-state index in [4.69, 9.17) is 14.9 Å². The van der Waals surface area contributed by atoms with Crippen molar-refractivity contribution in [3.63, 3.8) is 0 Å². The number of aliphatic hydroxyl groups is 1. The minimum atomic E-state index is -0.297. The molecule has 0 saturated heterocycles. The third kappa shape index (κ3) is 35.3. The number of aliphatic hydroxyl groups excluding tert-OH is 1. The van der Waals surface area contributed by atoms with E-state index in [1.807, 2.05) is 0 Å². The number of esters is 1. The van der Waals surface area contributed by atoms with Gasteiger partial charge in [0.15, 0.2) is 5.90 Å². The van der Waals surface area contributed by atoms with Gasteiger partial charge in [0.05, 0.1) is 6.61 Å². The third-order valence-corrected chi connectivity index (χ3v) is 11.4. The zero-order chi connectivity index (χ0) is 39.8. The van der Waals surface area contributed by atoms with Gasteiger partial charge in [0.25, 0.3) is 0 Å². The minimum absolute atomic E-state index is 0.0103. The Bertz CT molecular complexity index is 792. The van der Waals surface area contributed by atoms with Crippen LogP contribution in [0.1, 0.15) is 259 Å². The van der Waals surface area contributed by atoms with Crippen LogP contribution in [0.2, 0.25) is 0 Å². The first-order valence-corrected chi connectivity index (χ1v) is 24.1. The van der Waals surface area contributed by atoms with Crippen LogP contribution in [0.4, 0.5) is 0 Å². The average molecular weight is 765 g/mol. The Morgan fingerprint density at radius 2 is 0.963 bits per heavy atom. The largest absolute Gasteiger partial charge is 0.478 e. The zero-order valence-corrected chi connectivity index (χ0v) is 37.3. The van der Waals surface area contributed by atoms with Gasteiger partial charge in [0.2, 0.25) is 0 Å². The van der Waals surface area contributed by atoms with Crippen molar-refractivity contribution in [3.05, 3.63) is 0 Å². The maximum Gasteiger partial charge on any atom is 0.306 e. The minimum Gasteiger partial charge on any atom is -0.478 e. The molecule has 0 saturated carbocycles. The fraction of sp³-hybridized carbons (Fsp3) is 0.958. The molecule has 0 aromatic rings. The van der Waals surface area contributed by atoms with Crippen molar-refractivity contribution >= 4 is 11.9 Å². The van der Waals surface area contributed by atoms with Crippen LogP contribution in [0, 0.1) is 5.41 Å². The SMILES string of the molecule is CCCCCCCCC(CCCCCCCC)OC(=N)CCCCCCCN(CCO)CCCCCCCC(=O)OC(C)(CCC)CCCCCCCC. The summed E-state index contributed by atoms with van der Waals surface area (Å²) in [5.74, 6) is 0.503. The van der Waals surface area contributed by atoms with Gasteiger partial charge in [0.1, 0.15) is 11.7 Å². The molecule has 1 atom stereocenters. The summed E-state index contributed by atoms with van der Waals surface area (Å²) in [6.45, 7) is 14.2. The summed E-state index contributed by atoms with van der Waals surface area (Å²) in [7, 11) is 0. The fourth-order valence-electron chi connectivity index (χ4n) is 7.95. The molecule has 0 heterocycles. The van der Waals surface area contributed by atoms with Gasteiger partial charge >= 0.3 is 5.97 Å². The highest BCUT2D eigenvalue weighted by molar-refractivity contribution is 5.72. The number of carbonyl (C=O) groups excluding carboxylic acids is 1. The van der Waals surface area contributed by atoms with E-state index < -0.39 is 0 Å². The Kier molecular flexibility index (Phi) is 39.2. The van der Waals surface area contributed by atoms with E-state index in [0.717, 1.165) is 103 Å². The van der Waals surface area contributed by atoms with Crippen molar-refractivity contribution in [1.29, 1.82) is 5.41 Å². The van der Waals surface area contributed by atoms with Crippen LogP contribution in [-0.2, 0) is 14.3 Å². The van der Waals surface area contributed by atoms with Crippen LogP contribution in [-0.4, -0.2) is 59.8 Å². The number of rotatable bonds is 43. The number of unbranched alkanes of at least 4 members (excludes halogenated alkanes) is 23. The average Bonchev–Trinajstić information content (AvgIpc) is 3.14. The lowest BCUT2D eigenvalue weighted by Gasteiger charge is -2.29. The van der Waals surface area contributed by atoms with Crippen LogP contribution >= 0.6 is 0 Å². The van der Waals surface area contributed by atoms with E-state index in [1.54, 1.807) is 0 Å². The van der Waals surface area contributed by atoms with E-state index in [9.17, 15) is 9.90 Å². The molecule has 0 radical (unpaired) electrons. The lowest BCUT2D eigenvalue weighted by molar-refractivity contribution is -0.159. The predicted octanol–water partition coefficient (Wildman–Crippen LogP) is 14.7. The molecule has 322 valence electrons. The van der Waals surface area contributed by atoms with Gasteiger partial charge in [-0.25, -0.2) is 0 Å². The number of nitrogens with zero attached hydrogens (tertiary/aromatic N) is 1. The Labute approximate surface area is 338 Å². The lowest BCUT2D eigenvalue weighted by Crippen LogP contribution is -2.31. The molecule has 6 nitrogen and oxygen atoms in total. The molecule has 2 N–H and O–H groups in total. The summed E-state index contributed by atoms with van der Waals surface area (Å²) >= 11 is 0. The summed E-state index contributed by atoms with van der Waals surface area (Å²) in [5.41, 5.74) is -0.297. The van der Waals surface area contributed by atoms with Gasteiger partial charge in [-0.1, -0.05) is 169 Å². The molecule has 0 amide bonds. The second-order valence-corrected chi connectivity index (χ2v) is 17.1. The first-order valence-electron chi connectivity index (χ1n) is 24.1. The monoisotopic (exact) mass is 765 g/mol. The smallest absolute Gasteiger partial charge is 0.306 e. The van der Waals surface area contributed by atoms with Crippen LogP contribution in [0.25, 0.3) is 0 Å². The summed E-state index contributed by atoms with van der Waals surface area (Å²) in [6.07, 6.45) is 41.5. The van der Waals surface area contributed by atoms with Crippen LogP contribution in [0.3, 0.4) is 0 Å². The Morgan fingerprint density at radius 3 is 1.44 bits per heavy atom. The highest BCUT2D eigenvalue weighted by atomic mass is 16.6. The van der Waals surface area contributed by atoms with Crippen molar-refractivity contribution in [1.82, 2.24) is 4.90 Å². The topological polar surface area (TPSA) is 82.9 Å². The zero-order valence-electron chi connectivity index (χ0n) is 37.3. The summed E-state index contributed by atoms with van der Waals surface area (Å²) in [6, 6.07) is 0. The molecule has 54 heavy (non-hydrogen) atoms. The Hall–Kier alpha value is -1.14. The normalized spacial score (nSPS) is 12.8. The molecule has 0 aliphatic carbocycles. The van der Waals surface area contributed by atoms with Crippen molar-refractivity contribution in [2.75, 3.05) is 26.2 Å². The van der Waals surface area contributed by atoms with Crippen molar-refractivity contribution in [2.45, 2.75) is 271 Å². The number of carbonyl (C=O) groups is 1. The highest BCUT2D eigenvalue weighted by Gasteiger charge is 2.27. The molecule has 1 unspecified atom stereocenters. The maximum absolute atomic E-state index is 12.7. The number of nitrogens with one attached hydrogen (secondary N) is 1. The molecular formula is C48H96N2O4. The summed E-state index contributed by atoms with van der Waals surface area (Å²) in [5, 5.41) is 18.1. The second kappa shape index (κ2) is 40.1. The van der Waals surface area contributed by atoms with Crippen LogP contribution in [0.15, 0.2) is 0 Å². The van der Waals surface area contributed by atoms with E-state index >= 15 is 0 Å². The predicted molar refractivity (Wildman–Crippen MR) is 235 cm³/mol. The van der Waals surface area contributed by atoms with E-state index in [0.29, 0.717) is 12.3 Å². The Balaban J connectivity index is 4.15. The van der Waals surface area contributed by atoms with Gasteiger partial charge in [-0.15, -0.1) is 0 Å². The lowest BCUT2D eigenvalue weighted by atomic mass is 9.92. The summed E-state index contributed by atoms with van der Waals surface area (Å²) < 4.78 is 12.3. The second-order valence-electron chi connectivity index (χ2n) is 17.1. The van der Waals surface area contributed by atoms with Gasteiger partial charge in [-0.2, -0.15) is 0 Å². The van der Waals surface area contributed by atoms with E-state index in [2.05, 4.69) is 39.5 Å². The molecule has 6 heteroatoms. The first kappa shape index (κ1) is 52.9. The number of ether oxygens (including phenoxy) is 2. The van der Waals surface area contributed by atoms with E-state index in [1.165, 1.54) is 135 Å². The molecule has 0 aromatic carbocycles. The molecule has 0 bridgehead atoms. The molecule has 0 rings (SSSR count). The Morgan fingerprint density at radius 1 is 0.537 bits per heavy atom. The van der Waals surface area contributed by atoms with Gasteiger partial charge in [-0.05, 0) is 90.6 Å². The van der Waals surface area contributed by atoms with Gasteiger partial charge in [-0.3, -0.25) is 10.2 Å². The van der Waals surface area contributed by atoms with Gasteiger partial charge < -0.3 is 19.5 Å². The molecule has 0 fully saturated rings. The first-order chi connectivity index (χ1) is 26.3. The quantitative estimate of drug-likeness (QED) is 0.0280. The van der Waals surface area contributed by atoms with Crippen LogP contribution in [0.5, 0.6) is 0 Å². The van der Waals surface area contributed by atoms with Crippen LogP contribution < -0.4 is 0 Å². The van der Waals surface area contributed by atoms with Gasteiger partial charge in [0, 0.05) is 19.4 Å². The molecule has 0 aliphatic heterocycles. The van der Waals surface area contributed by atoms with Crippen molar-refractivity contribution < 1.29 is 19.4 Å². The number of hydrogen-bond donors (Lipinski definition) is 2. The molecule has 0 spiro atoms. The molecule has 0 aromatic heterocycles. The fourth-order valence-corrected chi connectivity index (χ4v) is 7.95. The standard InChI is InChI=1S/C48H96N2O4/c1-6-10-13-16-21-28-35-45(36-29-22-17-14-11-7-2)53-46(49)37-30-23-19-26-33-41-50(43-44-51)42-34-27-20-24-31-38-47(52)54-48(5,39-9-4)40-32-25-18-15-12-8-3/h45,49,51H,6-44H2,1-5H3. The third-order valence-electron chi connectivity index (χ3n) is 11.4. The van der Waals surface area contributed by atoms with Crippen molar-refractivity contribution in [2.24, 2.45) is 0 Å².